The average Bonchev–Trinajstić information content (AvgIpc) is 2.15. The summed E-state index contributed by atoms with van der Waals surface area (Å²) < 4.78 is 5.18. The van der Waals surface area contributed by atoms with E-state index in [2.05, 4.69) is 11.4 Å². The highest BCUT2D eigenvalue weighted by Gasteiger charge is 2.25. The number of alkyl carbamates (subject to hydrolysis) is 1. The van der Waals surface area contributed by atoms with E-state index in [9.17, 15) is 4.79 Å². The van der Waals surface area contributed by atoms with Gasteiger partial charge in [-0.1, -0.05) is 6.42 Å². The first-order chi connectivity index (χ1) is 7.40. The molecule has 4 heteroatoms. The Hall–Kier alpha value is -1.24. The van der Waals surface area contributed by atoms with Gasteiger partial charge in [0.25, 0.3) is 0 Å². The Morgan fingerprint density at radius 2 is 2.12 bits per heavy atom. The highest BCUT2D eigenvalue weighted by atomic mass is 16.6. The second-order valence-corrected chi connectivity index (χ2v) is 5.34. The molecule has 1 fully saturated rings. The van der Waals surface area contributed by atoms with Gasteiger partial charge in [0, 0.05) is 12.0 Å². The summed E-state index contributed by atoms with van der Waals surface area (Å²) in [4.78, 5) is 11.5. The fourth-order valence-corrected chi connectivity index (χ4v) is 1.91. The zero-order valence-corrected chi connectivity index (χ0v) is 10.2. The maximum absolute atomic E-state index is 11.5. The van der Waals surface area contributed by atoms with Crippen LogP contribution in [0.25, 0.3) is 0 Å². The van der Waals surface area contributed by atoms with E-state index in [0.29, 0.717) is 0 Å². The van der Waals surface area contributed by atoms with Crippen LogP contribution in [0.2, 0.25) is 0 Å². The summed E-state index contributed by atoms with van der Waals surface area (Å²) in [6.45, 7) is 5.52. The van der Waals surface area contributed by atoms with Crippen molar-refractivity contribution in [2.24, 2.45) is 5.92 Å². The van der Waals surface area contributed by atoms with E-state index in [0.717, 1.165) is 25.7 Å². The van der Waals surface area contributed by atoms with Crippen LogP contribution in [0.15, 0.2) is 0 Å². The van der Waals surface area contributed by atoms with E-state index in [1.807, 2.05) is 20.8 Å². The van der Waals surface area contributed by atoms with E-state index >= 15 is 0 Å². The molecule has 1 N–H and O–H groups in total. The second-order valence-electron chi connectivity index (χ2n) is 5.34. The van der Waals surface area contributed by atoms with Gasteiger partial charge in [-0.2, -0.15) is 5.26 Å². The first-order valence-electron chi connectivity index (χ1n) is 5.80. The number of carbonyl (C=O) groups excluding carboxylic acids is 1. The number of nitrogens with zero attached hydrogens (tertiary/aromatic N) is 1. The van der Waals surface area contributed by atoms with Crippen LogP contribution in [0.3, 0.4) is 0 Å². The number of amides is 1. The number of nitrogens with one attached hydrogen (secondary N) is 1. The molecule has 0 aromatic heterocycles. The van der Waals surface area contributed by atoms with Gasteiger partial charge in [0.1, 0.15) is 5.60 Å². The average molecular weight is 224 g/mol. The van der Waals surface area contributed by atoms with E-state index in [1.54, 1.807) is 0 Å². The predicted molar refractivity (Wildman–Crippen MR) is 60.7 cm³/mol. The molecule has 90 valence electrons. The summed E-state index contributed by atoms with van der Waals surface area (Å²) in [6, 6.07) is 2.35. The zero-order chi connectivity index (χ0) is 12.2. The Morgan fingerprint density at radius 3 is 2.69 bits per heavy atom. The standard InChI is InChI=1S/C12H20N2O2/c1-12(2,3)16-11(15)14-10-6-4-5-9(7-10)8-13/h9-10H,4-7H2,1-3H3,(H,14,15)/t9-,10?/m0/s1. The third kappa shape index (κ3) is 4.52. The number of nitriles is 1. The topological polar surface area (TPSA) is 62.1 Å². The Balaban J connectivity index is 2.37. The lowest BCUT2D eigenvalue weighted by atomic mass is 9.87. The fourth-order valence-electron chi connectivity index (χ4n) is 1.91. The molecular formula is C12H20N2O2. The van der Waals surface area contributed by atoms with Gasteiger partial charge < -0.3 is 10.1 Å². The molecule has 0 aliphatic heterocycles. The normalized spacial score (nSPS) is 25.6. The van der Waals surface area contributed by atoms with Gasteiger partial charge in [-0.3, -0.25) is 0 Å². The molecule has 0 aromatic carbocycles. The van der Waals surface area contributed by atoms with Crippen LogP contribution in [0, 0.1) is 17.2 Å². The molecule has 0 radical (unpaired) electrons. The van der Waals surface area contributed by atoms with Crippen LogP contribution in [0.5, 0.6) is 0 Å². The first kappa shape index (κ1) is 12.8. The van der Waals surface area contributed by atoms with Crippen LogP contribution >= 0.6 is 0 Å². The second kappa shape index (κ2) is 5.20. The summed E-state index contributed by atoms with van der Waals surface area (Å²) in [5.74, 6) is 0.0775. The molecule has 1 rings (SSSR count). The number of hydrogen-bond donors (Lipinski definition) is 1. The van der Waals surface area contributed by atoms with Gasteiger partial charge in [-0.05, 0) is 40.0 Å². The molecule has 1 aliphatic carbocycles. The van der Waals surface area contributed by atoms with Crippen molar-refractivity contribution in [3.63, 3.8) is 0 Å². The molecule has 0 heterocycles. The van der Waals surface area contributed by atoms with E-state index in [4.69, 9.17) is 10.00 Å². The van der Waals surface area contributed by atoms with Crippen molar-refractivity contribution < 1.29 is 9.53 Å². The van der Waals surface area contributed by atoms with Crippen molar-refractivity contribution in [2.75, 3.05) is 0 Å². The number of ether oxygens (including phenoxy) is 1. The molecule has 1 saturated carbocycles. The van der Waals surface area contributed by atoms with Crippen LogP contribution < -0.4 is 5.32 Å². The Kier molecular flexibility index (Phi) is 4.17. The lowest BCUT2D eigenvalue weighted by Crippen LogP contribution is -2.41. The molecule has 0 aromatic rings. The van der Waals surface area contributed by atoms with Crippen LogP contribution in [-0.2, 0) is 4.74 Å². The smallest absolute Gasteiger partial charge is 0.407 e. The number of carbonyl (C=O) groups is 1. The molecule has 0 saturated heterocycles. The maximum Gasteiger partial charge on any atom is 0.407 e. The Bertz CT molecular complexity index is 288. The molecule has 0 spiro atoms. The molecule has 0 bridgehead atoms. The van der Waals surface area contributed by atoms with Crippen molar-refractivity contribution >= 4 is 6.09 Å². The highest BCUT2D eigenvalue weighted by molar-refractivity contribution is 5.68. The monoisotopic (exact) mass is 224 g/mol. The lowest BCUT2D eigenvalue weighted by Gasteiger charge is -2.27. The van der Waals surface area contributed by atoms with E-state index in [1.165, 1.54) is 0 Å². The van der Waals surface area contributed by atoms with Gasteiger partial charge in [0.2, 0.25) is 0 Å². The summed E-state index contributed by atoms with van der Waals surface area (Å²) in [5, 5.41) is 11.7. The quantitative estimate of drug-likeness (QED) is 0.744. The van der Waals surface area contributed by atoms with E-state index < -0.39 is 5.60 Å². The predicted octanol–water partition coefficient (Wildman–Crippen LogP) is 2.59. The summed E-state index contributed by atoms with van der Waals surface area (Å²) in [6.07, 6.45) is 3.26. The van der Waals surface area contributed by atoms with E-state index in [-0.39, 0.29) is 18.1 Å². The minimum atomic E-state index is -0.465. The summed E-state index contributed by atoms with van der Waals surface area (Å²) in [5.41, 5.74) is -0.465. The van der Waals surface area contributed by atoms with Crippen molar-refractivity contribution in [1.29, 1.82) is 5.26 Å². The zero-order valence-electron chi connectivity index (χ0n) is 10.2. The summed E-state index contributed by atoms with van der Waals surface area (Å²) >= 11 is 0. The largest absolute Gasteiger partial charge is 0.444 e. The fraction of sp³-hybridized carbons (Fsp3) is 0.833. The highest BCUT2D eigenvalue weighted by Crippen LogP contribution is 2.23. The van der Waals surface area contributed by atoms with Crippen molar-refractivity contribution in [2.45, 2.75) is 58.1 Å². The molecule has 2 atom stereocenters. The van der Waals surface area contributed by atoms with Crippen LogP contribution in [0.4, 0.5) is 4.79 Å². The molecule has 1 unspecified atom stereocenters. The Morgan fingerprint density at radius 1 is 1.44 bits per heavy atom. The van der Waals surface area contributed by atoms with Crippen LogP contribution in [-0.4, -0.2) is 17.7 Å². The third-order valence-corrected chi connectivity index (χ3v) is 2.58. The lowest BCUT2D eigenvalue weighted by molar-refractivity contribution is 0.0489. The summed E-state index contributed by atoms with van der Waals surface area (Å²) in [7, 11) is 0. The molecule has 4 nitrogen and oxygen atoms in total. The molecule has 16 heavy (non-hydrogen) atoms. The van der Waals surface area contributed by atoms with Gasteiger partial charge in [0.15, 0.2) is 0 Å². The number of rotatable bonds is 1. The number of hydrogen-bond acceptors (Lipinski definition) is 3. The van der Waals surface area contributed by atoms with Gasteiger partial charge in [-0.25, -0.2) is 4.79 Å². The minimum absolute atomic E-state index is 0.0775. The third-order valence-electron chi connectivity index (χ3n) is 2.58. The Labute approximate surface area is 97.0 Å². The van der Waals surface area contributed by atoms with Gasteiger partial charge >= 0.3 is 6.09 Å². The maximum atomic E-state index is 11.5. The van der Waals surface area contributed by atoms with Gasteiger partial charge in [0.05, 0.1) is 6.07 Å². The minimum Gasteiger partial charge on any atom is -0.444 e. The van der Waals surface area contributed by atoms with Gasteiger partial charge in [-0.15, -0.1) is 0 Å². The van der Waals surface area contributed by atoms with Crippen LogP contribution in [0.1, 0.15) is 46.5 Å². The molecular weight excluding hydrogens is 204 g/mol. The molecule has 1 amide bonds. The SMILES string of the molecule is CC(C)(C)OC(=O)NC1CCC[C@H](C#N)C1. The first-order valence-corrected chi connectivity index (χ1v) is 5.80. The van der Waals surface area contributed by atoms with Crippen molar-refractivity contribution in [1.82, 2.24) is 5.32 Å². The van der Waals surface area contributed by atoms with Crippen molar-refractivity contribution in [3.8, 4) is 6.07 Å². The van der Waals surface area contributed by atoms with Crippen molar-refractivity contribution in [3.05, 3.63) is 0 Å². The molecule has 1 aliphatic rings.